The Morgan fingerprint density at radius 3 is 2.57 bits per heavy atom. The van der Waals surface area contributed by atoms with Crippen molar-refractivity contribution in [2.75, 3.05) is 7.11 Å². The Morgan fingerprint density at radius 2 is 1.90 bits per heavy atom. The molecule has 6 heteroatoms. The topological polar surface area (TPSA) is 44.5 Å². The number of ether oxygens (including phenoxy) is 2. The molecule has 0 spiro atoms. The molecule has 0 aliphatic carbocycles. The Labute approximate surface area is 126 Å². The summed E-state index contributed by atoms with van der Waals surface area (Å²) in [5.41, 5.74) is 6.28. The molecular formula is C15H13F2NO2S. The van der Waals surface area contributed by atoms with E-state index in [9.17, 15) is 8.78 Å². The quantitative estimate of drug-likeness (QED) is 0.862. The molecular weight excluding hydrogens is 296 g/mol. The fourth-order valence-electron chi connectivity index (χ4n) is 1.75. The summed E-state index contributed by atoms with van der Waals surface area (Å²) < 4.78 is 37.2. The molecule has 2 aromatic carbocycles. The lowest BCUT2D eigenvalue weighted by Gasteiger charge is -2.12. The molecule has 0 fully saturated rings. The van der Waals surface area contributed by atoms with Gasteiger partial charge >= 0.3 is 0 Å². The normalized spacial score (nSPS) is 10.2. The minimum Gasteiger partial charge on any atom is -0.493 e. The zero-order valence-corrected chi connectivity index (χ0v) is 12.0. The van der Waals surface area contributed by atoms with Gasteiger partial charge in [0.2, 0.25) is 0 Å². The van der Waals surface area contributed by atoms with Gasteiger partial charge in [-0.05, 0) is 36.4 Å². The highest BCUT2D eigenvalue weighted by atomic mass is 32.1. The first-order valence-electron chi connectivity index (χ1n) is 6.06. The number of benzene rings is 2. The highest BCUT2D eigenvalue weighted by Gasteiger charge is 2.10. The third-order valence-corrected chi connectivity index (χ3v) is 3.07. The van der Waals surface area contributed by atoms with Crippen LogP contribution in [0.15, 0.2) is 36.4 Å². The molecule has 0 unspecified atom stereocenters. The smallest absolute Gasteiger partial charge is 0.161 e. The Morgan fingerprint density at radius 1 is 1.14 bits per heavy atom. The third-order valence-electron chi connectivity index (χ3n) is 2.84. The first kappa shape index (κ1) is 15.2. The summed E-state index contributed by atoms with van der Waals surface area (Å²) in [4.78, 5) is 0.232. The van der Waals surface area contributed by atoms with Crippen LogP contribution >= 0.6 is 12.2 Å². The largest absolute Gasteiger partial charge is 0.493 e. The van der Waals surface area contributed by atoms with Gasteiger partial charge in [-0.3, -0.25) is 0 Å². The van der Waals surface area contributed by atoms with Gasteiger partial charge in [0.1, 0.15) is 23.2 Å². The molecule has 2 N–H and O–H groups in total. The number of nitrogens with two attached hydrogens (primary N) is 1. The van der Waals surface area contributed by atoms with Crippen LogP contribution in [-0.2, 0) is 6.61 Å². The van der Waals surface area contributed by atoms with E-state index in [1.54, 1.807) is 18.2 Å². The van der Waals surface area contributed by atoms with E-state index < -0.39 is 11.6 Å². The van der Waals surface area contributed by atoms with E-state index >= 15 is 0 Å². The van der Waals surface area contributed by atoms with Gasteiger partial charge in [0, 0.05) is 11.1 Å². The molecule has 0 heterocycles. The average molecular weight is 309 g/mol. The predicted molar refractivity (Wildman–Crippen MR) is 79.6 cm³/mol. The van der Waals surface area contributed by atoms with Crippen molar-refractivity contribution in [3.63, 3.8) is 0 Å². The van der Waals surface area contributed by atoms with Crippen molar-refractivity contribution < 1.29 is 18.3 Å². The standard InChI is InChI=1S/C15H13F2NO2S/c1-19-14-7-9(15(18)21)2-5-13(14)20-8-10-6-11(16)3-4-12(10)17/h2-7H,8H2,1H3,(H2,18,21). The van der Waals surface area contributed by atoms with Crippen LogP contribution < -0.4 is 15.2 Å². The molecule has 2 rings (SSSR count). The molecule has 0 atom stereocenters. The van der Waals surface area contributed by atoms with Crippen molar-refractivity contribution >= 4 is 17.2 Å². The van der Waals surface area contributed by atoms with Crippen LogP contribution in [0, 0.1) is 11.6 Å². The monoisotopic (exact) mass is 309 g/mol. The lowest BCUT2D eigenvalue weighted by molar-refractivity contribution is 0.279. The van der Waals surface area contributed by atoms with Gasteiger partial charge in [-0.1, -0.05) is 12.2 Å². The number of hydrogen-bond acceptors (Lipinski definition) is 3. The van der Waals surface area contributed by atoms with Crippen LogP contribution in [0.4, 0.5) is 8.78 Å². The number of thiocarbonyl (C=S) groups is 1. The van der Waals surface area contributed by atoms with Crippen LogP contribution in [0.5, 0.6) is 11.5 Å². The van der Waals surface area contributed by atoms with Crippen molar-refractivity contribution in [1.29, 1.82) is 0 Å². The predicted octanol–water partition coefficient (Wildman–Crippen LogP) is 3.19. The molecule has 0 saturated carbocycles. The molecule has 2 aromatic rings. The van der Waals surface area contributed by atoms with Gasteiger partial charge in [-0.2, -0.15) is 0 Å². The number of methoxy groups -OCH3 is 1. The second-order valence-electron chi connectivity index (χ2n) is 4.25. The van der Waals surface area contributed by atoms with E-state index in [0.717, 1.165) is 18.2 Å². The van der Waals surface area contributed by atoms with Crippen LogP contribution in [0.3, 0.4) is 0 Å². The minimum atomic E-state index is -0.532. The molecule has 0 bridgehead atoms. The Bertz CT molecular complexity index is 677. The maximum Gasteiger partial charge on any atom is 0.161 e. The van der Waals surface area contributed by atoms with E-state index in [-0.39, 0.29) is 17.2 Å². The van der Waals surface area contributed by atoms with Crippen molar-refractivity contribution in [2.24, 2.45) is 5.73 Å². The summed E-state index contributed by atoms with van der Waals surface area (Å²) in [5.74, 6) is -0.251. The molecule has 0 aromatic heterocycles. The van der Waals surface area contributed by atoms with E-state index in [4.69, 9.17) is 27.4 Å². The lowest BCUT2D eigenvalue weighted by Crippen LogP contribution is -2.09. The van der Waals surface area contributed by atoms with E-state index in [0.29, 0.717) is 17.1 Å². The van der Waals surface area contributed by atoms with Crippen LogP contribution in [0.2, 0.25) is 0 Å². The maximum atomic E-state index is 13.5. The van der Waals surface area contributed by atoms with Crippen molar-refractivity contribution in [1.82, 2.24) is 0 Å². The van der Waals surface area contributed by atoms with Gasteiger partial charge in [-0.25, -0.2) is 8.78 Å². The Hall–Kier alpha value is -2.21. The van der Waals surface area contributed by atoms with E-state index in [2.05, 4.69) is 0 Å². The van der Waals surface area contributed by atoms with Crippen LogP contribution in [-0.4, -0.2) is 12.1 Å². The summed E-state index contributed by atoms with van der Waals surface area (Å²) in [6, 6.07) is 8.11. The SMILES string of the molecule is COc1cc(C(N)=S)ccc1OCc1cc(F)ccc1F. The minimum absolute atomic E-state index is 0.119. The summed E-state index contributed by atoms with van der Waals surface area (Å²) >= 11 is 4.88. The van der Waals surface area contributed by atoms with Gasteiger partial charge < -0.3 is 15.2 Å². The van der Waals surface area contributed by atoms with Crippen molar-refractivity contribution in [3.8, 4) is 11.5 Å². The summed E-state index contributed by atoms with van der Waals surface area (Å²) in [6.45, 7) is -0.119. The zero-order chi connectivity index (χ0) is 15.4. The maximum absolute atomic E-state index is 13.5. The van der Waals surface area contributed by atoms with E-state index in [1.165, 1.54) is 7.11 Å². The second kappa shape index (κ2) is 6.49. The zero-order valence-electron chi connectivity index (χ0n) is 11.2. The fourth-order valence-corrected chi connectivity index (χ4v) is 1.88. The first-order valence-corrected chi connectivity index (χ1v) is 6.46. The summed E-state index contributed by atoms with van der Waals surface area (Å²) in [6.07, 6.45) is 0. The molecule has 110 valence electrons. The first-order chi connectivity index (χ1) is 10.0. The van der Waals surface area contributed by atoms with Crippen molar-refractivity contribution in [2.45, 2.75) is 6.61 Å². The van der Waals surface area contributed by atoms with Crippen LogP contribution in [0.25, 0.3) is 0 Å². The molecule has 0 aliphatic rings. The molecule has 0 aliphatic heterocycles. The number of halogens is 2. The fraction of sp³-hybridized carbons (Fsp3) is 0.133. The number of hydrogen-bond donors (Lipinski definition) is 1. The molecule has 0 saturated heterocycles. The van der Waals surface area contributed by atoms with Crippen LogP contribution in [0.1, 0.15) is 11.1 Å². The summed E-state index contributed by atoms with van der Waals surface area (Å²) in [5, 5.41) is 0. The van der Waals surface area contributed by atoms with Gasteiger partial charge in [0.15, 0.2) is 11.5 Å². The number of rotatable bonds is 5. The molecule has 0 radical (unpaired) electrons. The molecule has 21 heavy (non-hydrogen) atoms. The average Bonchev–Trinajstić information content (AvgIpc) is 2.47. The molecule has 0 amide bonds. The van der Waals surface area contributed by atoms with Gasteiger partial charge in [-0.15, -0.1) is 0 Å². The van der Waals surface area contributed by atoms with Gasteiger partial charge in [0.05, 0.1) is 7.11 Å². The highest BCUT2D eigenvalue weighted by Crippen LogP contribution is 2.29. The molecule has 3 nitrogen and oxygen atoms in total. The van der Waals surface area contributed by atoms with Crippen molar-refractivity contribution in [3.05, 3.63) is 59.2 Å². The van der Waals surface area contributed by atoms with E-state index in [1.807, 2.05) is 0 Å². The highest BCUT2D eigenvalue weighted by molar-refractivity contribution is 7.80. The van der Waals surface area contributed by atoms with Gasteiger partial charge in [0.25, 0.3) is 0 Å². The second-order valence-corrected chi connectivity index (χ2v) is 4.69. The Balaban J connectivity index is 2.19. The Kier molecular flexibility index (Phi) is 4.70. The summed E-state index contributed by atoms with van der Waals surface area (Å²) in [7, 11) is 1.47. The lowest BCUT2D eigenvalue weighted by atomic mass is 10.2. The third kappa shape index (κ3) is 3.66.